The Hall–Kier alpha value is -1.87. The molecule has 0 saturated carbocycles. The molecule has 0 aliphatic heterocycles. The molecule has 0 radical (unpaired) electrons. The first-order valence-electron chi connectivity index (χ1n) is 7.07. The summed E-state index contributed by atoms with van der Waals surface area (Å²) in [5.41, 5.74) is 0.631. The van der Waals surface area contributed by atoms with E-state index in [4.69, 9.17) is 4.42 Å². The summed E-state index contributed by atoms with van der Waals surface area (Å²) in [6.45, 7) is 1.65. The van der Waals surface area contributed by atoms with Crippen molar-refractivity contribution in [2.45, 2.75) is 38.2 Å². The van der Waals surface area contributed by atoms with Gasteiger partial charge in [0.05, 0.1) is 5.39 Å². The number of fused-ring (bicyclic) bond motifs is 1. The average molecular weight is 270 g/mol. The largest absolute Gasteiger partial charge is 0.424 e. The number of hydrogen-bond donors (Lipinski definition) is 1. The second-order valence-corrected chi connectivity index (χ2v) is 5.37. The normalized spacial score (nSPS) is 20.2. The summed E-state index contributed by atoms with van der Waals surface area (Å²) >= 11 is 0. The summed E-state index contributed by atoms with van der Waals surface area (Å²) in [5, 5.41) is 11.5. The maximum absolute atomic E-state index is 12.0. The van der Waals surface area contributed by atoms with E-state index in [9.17, 15) is 9.90 Å². The SMILES string of the molecule is CC(O)c1oc(=O)c2ccccc2c1C1CC=CCC1. The number of aliphatic hydroxyl groups excluding tert-OH is 1. The molecule has 3 nitrogen and oxygen atoms in total. The first kappa shape index (κ1) is 13.1. The van der Waals surface area contributed by atoms with Crippen LogP contribution in [0.3, 0.4) is 0 Å². The van der Waals surface area contributed by atoms with Crippen LogP contribution >= 0.6 is 0 Å². The zero-order chi connectivity index (χ0) is 14.1. The minimum atomic E-state index is -0.770. The summed E-state index contributed by atoms with van der Waals surface area (Å²) in [6, 6.07) is 7.50. The van der Waals surface area contributed by atoms with Gasteiger partial charge in [-0.05, 0) is 43.6 Å². The standard InChI is InChI=1S/C17H18O3/c1-11(18)16-15(12-7-3-2-4-8-12)13-9-5-6-10-14(13)17(19)20-16/h2-3,5-6,9-12,18H,4,7-8H2,1H3. The van der Waals surface area contributed by atoms with Gasteiger partial charge in [-0.25, -0.2) is 4.79 Å². The van der Waals surface area contributed by atoms with E-state index in [0.29, 0.717) is 17.1 Å². The Morgan fingerprint density at radius 3 is 2.65 bits per heavy atom. The molecule has 3 rings (SSSR count). The highest BCUT2D eigenvalue weighted by molar-refractivity contribution is 5.85. The summed E-state index contributed by atoms with van der Waals surface area (Å²) in [7, 11) is 0. The summed E-state index contributed by atoms with van der Waals surface area (Å²) in [5.74, 6) is 0.729. The number of rotatable bonds is 2. The predicted molar refractivity (Wildman–Crippen MR) is 78.8 cm³/mol. The van der Waals surface area contributed by atoms with Crippen molar-refractivity contribution in [3.8, 4) is 0 Å². The van der Waals surface area contributed by atoms with E-state index in [0.717, 1.165) is 30.2 Å². The molecule has 2 unspecified atom stereocenters. The van der Waals surface area contributed by atoms with Crippen LogP contribution in [0.2, 0.25) is 0 Å². The van der Waals surface area contributed by atoms with E-state index in [-0.39, 0.29) is 5.63 Å². The lowest BCUT2D eigenvalue weighted by atomic mass is 9.84. The third kappa shape index (κ3) is 2.18. The molecule has 2 atom stereocenters. The molecule has 2 aromatic rings. The lowest BCUT2D eigenvalue weighted by molar-refractivity contribution is 0.162. The molecular weight excluding hydrogens is 252 g/mol. The second kappa shape index (κ2) is 5.25. The molecule has 0 saturated heterocycles. The van der Waals surface area contributed by atoms with Crippen molar-refractivity contribution in [3.63, 3.8) is 0 Å². The van der Waals surface area contributed by atoms with Crippen LogP contribution in [0.4, 0.5) is 0 Å². The van der Waals surface area contributed by atoms with E-state index in [1.807, 2.05) is 18.2 Å². The zero-order valence-corrected chi connectivity index (χ0v) is 11.5. The Morgan fingerprint density at radius 1 is 1.25 bits per heavy atom. The van der Waals surface area contributed by atoms with Crippen molar-refractivity contribution >= 4 is 10.8 Å². The molecule has 1 aromatic carbocycles. The van der Waals surface area contributed by atoms with Crippen LogP contribution < -0.4 is 5.63 Å². The Bertz CT molecular complexity index is 710. The fraction of sp³-hybridized carbons (Fsp3) is 0.353. The van der Waals surface area contributed by atoms with Gasteiger partial charge in [0.25, 0.3) is 0 Å². The molecule has 1 aliphatic rings. The van der Waals surface area contributed by atoms with Crippen molar-refractivity contribution in [1.82, 2.24) is 0 Å². The highest BCUT2D eigenvalue weighted by Crippen LogP contribution is 2.37. The highest BCUT2D eigenvalue weighted by atomic mass is 16.4. The van der Waals surface area contributed by atoms with E-state index >= 15 is 0 Å². The van der Waals surface area contributed by atoms with Crippen molar-refractivity contribution in [1.29, 1.82) is 0 Å². The Kier molecular flexibility index (Phi) is 3.45. The number of benzene rings is 1. The van der Waals surface area contributed by atoms with Crippen molar-refractivity contribution in [3.05, 3.63) is 58.2 Å². The van der Waals surface area contributed by atoms with Gasteiger partial charge in [0, 0.05) is 5.56 Å². The van der Waals surface area contributed by atoms with Gasteiger partial charge in [-0.2, -0.15) is 0 Å². The molecule has 1 N–H and O–H groups in total. The Balaban J connectivity index is 2.31. The van der Waals surface area contributed by atoms with Crippen LogP contribution in [0.25, 0.3) is 10.8 Å². The molecule has 1 aliphatic carbocycles. The van der Waals surface area contributed by atoms with Crippen molar-refractivity contribution in [2.75, 3.05) is 0 Å². The Labute approximate surface area is 117 Å². The lowest BCUT2D eigenvalue weighted by Gasteiger charge is -2.23. The Morgan fingerprint density at radius 2 is 2.00 bits per heavy atom. The molecule has 1 heterocycles. The fourth-order valence-electron chi connectivity index (χ4n) is 3.03. The molecule has 3 heteroatoms. The van der Waals surface area contributed by atoms with Gasteiger partial charge in [0.1, 0.15) is 11.9 Å². The third-order valence-corrected chi connectivity index (χ3v) is 3.96. The van der Waals surface area contributed by atoms with Crippen molar-refractivity contribution < 1.29 is 9.52 Å². The van der Waals surface area contributed by atoms with Gasteiger partial charge in [-0.1, -0.05) is 30.4 Å². The molecular formula is C17H18O3. The fourth-order valence-corrected chi connectivity index (χ4v) is 3.03. The first-order valence-corrected chi connectivity index (χ1v) is 7.07. The number of hydrogen-bond acceptors (Lipinski definition) is 3. The lowest BCUT2D eigenvalue weighted by Crippen LogP contribution is -2.13. The average Bonchev–Trinajstić information content (AvgIpc) is 2.48. The summed E-state index contributed by atoms with van der Waals surface area (Å²) < 4.78 is 5.41. The maximum Gasteiger partial charge on any atom is 0.343 e. The zero-order valence-electron chi connectivity index (χ0n) is 11.5. The molecule has 0 amide bonds. The summed E-state index contributed by atoms with van der Waals surface area (Å²) in [4.78, 5) is 12.0. The van der Waals surface area contributed by atoms with Gasteiger partial charge in [-0.3, -0.25) is 0 Å². The quantitative estimate of drug-likeness (QED) is 0.847. The predicted octanol–water partition coefficient (Wildman–Crippen LogP) is 3.67. The molecule has 0 fully saturated rings. The van der Waals surface area contributed by atoms with E-state index in [2.05, 4.69) is 12.2 Å². The number of allylic oxidation sites excluding steroid dienone is 2. The molecule has 20 heavy (non-hydrogen) atoms. The van der Waals surface area contributed by atoms with Gasteiger partial charge < -0.3 is 9.52 Å². The first-order chi connectivity index (χ1) is 9.68. The highest BCUT2D eigenvalue weighted by Gasteiger charge is 2.24. The smallest absolute Gasteiger partial charge is 0.343 e. The molecule has 104 valence electrons. The van der Waals surface area contributed by atoms with E-state index in [1.54, 1.807) is 13.0 Å². The third-order valence-electron chi connectivity index (χ3n) is 3.96. The van der Waals surface area contributed by atoms with Crippen LogP contribution in [0.5, 0.6) is 0 Å². The van der Waals surface area contributed by atoms with Crippen LogP contribution in [0, 0.1) is 0 Å². The van der Waals surface area contributed by atoms with Crippen LogP contribution in [-0.2, 0) is 0 Å². The van der Waals surface area contributed by atoms with Crippen LogP contribution in [-0.4, -0.2) is 5.11 Å². The van der Waals surface area contributed by atoms with Gasteiger partial charge in [0.2, 0.25) is 0 Å². The van der Waals surface area contributed by atoms with Gasteiger partial charge >= 0.3 is 5.63 Å². The van der Waals surface area contributed by atoms with Crippen LogP contribution in [0.1, 0.15) is 49.5 Å². The topological polar surface area (TPSA) is 50.4 Å². The second-order valence-electron chi connectivity index (χ2n) is 5.37. The molecule has 0 spiro atoms. The minimum Gasteiger partial charge on any atom is -0.424 e. The minimum absolute atomic E-state index is 0.304. The molecule has 1 aromatic heterocycles. The van der Waals surface area contributed by atoms with Gasteiger partial charge in [-0.15, -0.1) is 0 Å². The van der Waals surface area contributed by atoms with Crippen molar-refractivity contribution in [2.24, 2.45) is 0 Å². The summed E-state index contributed by atoms with van der Waals surface area (Å²) in [6.07, 6.45) is 6.55. The monoisotopic (exact) mass is 270 g/mol. The van der Waals surface area contributed by atoms with E-state index < -0.39 is 6.10 Å². The maximum atomic E-state index is 12.0. The van der Waals surface area contributed by atoms with Crippen LogP contribution in [0.15, 0.2) is 45.6 Å². The van der Waals surface area contributed by atoms with Gasteiger partial charge in [0.15, 0.2) is 0 Å². The van der Waals surface area contributed by atoms with E-state index in [1.165, 1.54) is 0 Å². The molecule has 0 bridgehead atoms. The number of aliphatic hydroxyl groups is 1.